The molecule has 0 aliphatic carbocycles. The standard InChI is InChI=1S/C38H61N5O5/c1-10-42(11-2)25-33(29-18-13-12-14-19-29)48-38(47)31-21-17-23-43(31)36(45)28(7)24-32(26(3)4)41(9)37(46)34(27(5)6)39-35(44)30-20-15-16-22-40(30)8/h12-14,18-19,24,26-27,30-34H,10-11,15-17,20-23,25H2,1-9H3,(H,39,44)/b28-24+/t30?,31-,32+,33?,34-/m0/s1. The van der Waals surface area contributed by atoms with Crippen molar-refractivity contribution in [2.45, 2.75) is 111 Å². The molecule has 0 spiro atoms. The van der Waals surface area contributed by atoms with Crippen LogP contribution in [0.2, 0.25) is 0 Å². The molecule has 0 saturated carbocycles. The molecular weight excluding hydrogens is 606 g/mol. The predicted octanol–water partition coefficient (Wildman–Crippen LogP) is 4.66. The molecule has 10 heteroatoms. The second-order valence-electron chi connectivity index (χ2n) is 14.2. The first-order chi connectivity index (χ1) is 22.8. The highest BCUT2D eigenvalue weighted by molar-refractivity contribution is 5.96. The molecule has 48 heavy (non-hydrogen) atoms. The minimum Gasteiger partial charge on any atom is -0.455 e. The van der Waals surface area contributed by atoms with Gasteiger partial charge in [-0.1, -0.05) is 84.4 Å². The van der Waals surface area contributed by atoms with E-state index in [1.807, 2.05) is 71.2 Å². The summed E-state index contributed by atoms with van der Waals surface area (Å²) in [5, 5.41) is 3.05. The Balaban J connectivity index is 1.75. The molecule has 1 N–H and O–H groups in total. The molecule has 1 aromatic rings. The van der Waals surface area contributed by atoms with Crippen LogP contribution in [0, 0.1) is 11.8 Å². The number of benzene rings is 1. The van der Waals surface area contributed by atoms with E-state index in [9.17, 15) is 19.2 Å². The summed E-state index contributed by atoms with van der Waals surface area (Å²) in [7, 11) is 3.70. The fourth-order valence-electron chi connectivity index (χ4n) is 6.91. The van der Waals surface area contributed by atoms with E-state index < -0.39 is 18.2 Å². The van der Waals surface area contributed by atoms with Gasteiger partial charge in [-0.25, -0.2) is 4.79 Å². The highest BCUT2D eigenvalue weighted by atomic mass is 16.5. The minimum atomic E-state index is -0.685. The molecule has 0 radical (unpaired) electrons. The molecular formula is C38H61N5O5. The van der Waals surface area contributed by atoms with Gasteiger partial charge in [0.1, 0.15) is 18.2 Å². The Morgan fingerprint density at radius 3 is 2.17 bits per heavy atom. The molecule has 2 aliphatic heterocycles. The third kappa shape index (κ3) is 10.1. The maximum Gasteiger partial charge on any atom is 0.329 e. The van der Waals surface area contributed by atoms with Crippen molar-refractivity contribution >= 4 is 23.7 Å². The molecule has 10 nitrogen and oxygen atoms in total. The first-order valence-electron chi connectivity index (χ1n) is 18.0. The summed E-state index contributed by atoms with van der Waals surface area (Å²) in [6.45, 7) is 17.4. The number of carbonyl (C=O) groups excluding carboxylic acids is 4. The Morgan fingerprint density at radius 1 is 0.938 bits per heavy atom. The molecule has 3 rings (SSSR count). The van der Waals surface area contributed by atoms with Crippen LogP contribution < -0.4 is 5.32 Å². The summed E-state index contributed by atoms with van der Waals surface area (Å²) < 4.78 is 6.15. The van der Waals surface area contributed by atoms with Crippen LogP contribution in [0.1, 0.15) is 92.2 Å². The van der Waals surface area contributed by atoms with Crippen LogP contribution in [-0.4, -0.2) is 114 Å². The second-order valence-corrected chi connectivity index (χ2v) is 14.2. The van der Waals surface area contributed by atoms with Crippen molar-refractivity contribution in [2.24, 2.45) is 11.8 Å². The lowest BCUT2D eigenvalue weighted by Crippen LogP contribution is -2.57. The molecule has 1 aromatic carbocycles. The number of carbonyl (C=O) groups is 4. The maximum absolute atomic E-state index is 13.9. The molecule has 268 valence electrons. The number of ether oxygens (including phenoxy) is 1. The van der Waals surface area contributed by atoms with E-state index >= 15 is 0 Å². The fraction of sp³-hybridized carbons (Fsp3) is 0.684. The molecule has 2 aliphatic rings. The topological polar surface area (TPSA) is 102 Å². The maximum atomic E-state index is 13.9. The van der Waals surface area contributed by atoms with Crippen molar-refractivity contribution in [1.29, 1.82) is 0 Å². The van der Waals surface area contributed by atoms with Gasteiger partial charge in [-0.2, -0.15) is 0 Å². The van der Waals surface area contributed by atoms with Crippen molar-refractivity contribution in [3.63, 3.8) is 0 Å². The van der Waals surface area contributed by atoms with E-state index in [1.165, 1.54) is 0 Å². The van der Waals surface area contributed by atoms with Gasteiger partial charge in [0.2, 0.25) is 17.7 Å². The van der Waals surface area contributed by atoms with E-state index in [0.717, 1.165) is 44.5 Å². The zero-order chi connectivity index (χ0) is 35.5. The lowest BCUT2D eigenvalue weighted by molar-refractivity contribution is -0.158. The Morgan fingerprint density at radius 2 is 1.58 bits per heavy atom. The molecule has 3 amide bonds. The van der Waals surface area contributed by atoms with Gasteiger partial charge in [0.25, 0.3) is 0 Å². The van der Waals surface area contributed by atoms with Crippen LogP contribution in [0.3, 0.4) is 0 Å². The zero-order valence-electron chi connectivity index (χ0n) is 30.9. The summed E-state index contributed by atoms with van der Waals surface area (Å²) in [5.74, 6) is -1.03. The van der Waals surface area contributed by atoms with Crippen LogP contribution >= 0.6 is 0 Å². The van der Waals surface area contributed by atoms with Gasteiger partial charge in [0, 0.05) is 25.7 Å². The van der Waals surface area contributed by atoms with Gasteiger partial charge in [0.05, 0.1) is 12.1 Å². The van der Waals surface area contributed by atoms with Crippen molar-refractivity contribution in [1.82, 2.24) is 24.9 Å². The van der Waals surface area contributed by atoms with Gasteiger partial charge in [-0.3, -0.25) is 24.2 Å². The largest absolute Gasteiger partial charge is 0.455 e. The monoisotopic (exact) mass is 667 g/mol. The van der Waals surface area contributed by atoms with E-state index in [1.54, 1.807) is 23.8 Å². The zero-order valence-corrected chi connectivity index (χ0v) is 30.9. The number of likely N-dealkylation sites (tertiary alicyclic amines) is 2. The summed E-state index contributed by atoms with van der Waals surface area (Å²) in [5.41, 5.74) is 1.41. The number of rotatable bonds is 15. The Labute approximate surface area is 289 Å². The summed E-state index contributed by atoms with van der Waals surface area (Å²) in [6, 6.07) is 7.79. The normalized spacial score (nSPS) is 20.9. The van der Waals surface area contributed by atoms with Gasteiger partial charge >= 0.3 is 5.97 Å². The van der Waals surface area contributed by atoms with E-state index in [4.69, 9.17) is 4.74 Å². The van der Waals surface area contributed by atoms with Crippen molar-refractivity contribution in [3.8, 4) is 0 Å². The number of nitrogens with one attached hydrogen (secondary N) is 1. The first-order valence-corrected chi connectivity index (χ1v) is 18.0. The van der Waals surface area contributed by atoms with Crippen LogP contribution in [0.5, 0.6) is 0 Å². The molecule has 2 unspecified atom stereocenters. The predicted molar refractivity (Wildman–Crippen MR) is 190 cm³/mol. The van der Waals surface area contributed by atoms with Crippen LogP contribution in [-0.2, 0) is 23.9 Å². The van der Waals surface area contributed by atoms with Crippen molar-refractivity contribution < 1.29 is 23.9 Å². The highest BCUT2D eigenvalue weighted by Gasteiger charge is 2.38. The van der Waals surface area contributed by atoms with E-state index in [-0.39, 0.29) is 47.6 Å². The van der Waals surface area contributed by atoms with E-state index in [2.05, 4.69) is 29.0 Å². The molecule has 2 fully saturated rings. The average molecular weight is 668 g/mol. The first kappa shape index (κ1) is 39.2. The third-order valence-corrected chi connectivity index (χ3v) is 10.1. The van der Waals surface area contributed by atoms with Gasteiger partial charge in [-0.05, 0) is 76.7 Å². The number of hydrogen-bond donors (Lipinski definition) is 1. The van der Waals surface area contributed by atoms with Crippen molar-refractivity contribution in [3.05, 3.63) is 47.5 Å². The number of esters is 1. The smallest absolute Gasteiger partial charge is 0.329 e. The SMILES string of the molecule is CCN(CC)CC(OC(=O)[C@@H]1CCCN1C(=O)/C(C)=C/[C@H](C(C)C)N(C)C(=O)[C@@H](NC(=O)C1CCCCN1C)C(C)C)c1ccccc1. The third-order valence-electron chi connectivity index (χ3n) is 10.1. The van der Waals surface area contributed by atoms with Crippen molar-refractivity contribution in [2.75, 3.05) is 46.8 Å². The second kappa shape index (κ2) is 18.5. The fourth-order valence-corrected chi connectivity index (χ4v) is 6.91. The van der Waals surface area contributed by atoms with Crippen LogP contribution in [0.15, 0.2) is 42.0 Å². The Bertz CT molecular complexity index is 1250. The lowest BCUT2D eigenvalue weighted by Gasteiger charge is -2.36. The van der Waals surface area contributed by atoms with Gasteiger partial charge in [-0.15, -0.1) is 0 Å². The van der Waals surface area contributed by atoms with Gasteiger partial charge in [0.15, 0.2) is 0 Å². The van der Waals surface area contributed by atoms with Gasteiger partial charge < -0.3 is 19.9 Å². The number of likely N-dealkylation sites (N-methyl/N-ethyl adjacent to an activating group) is 3. The molecule has 0 aromatic heterocycles. The summed E-state index contributed by atoms with van der Waals surface area (Å²) in [6.07, 6.45) is 5.50. The van der Waals surface area contributed by atoms with E-state index in [0.29, 0.717) is 31.5 Å². The number of hydrogen-bond acceptors (Lipinski definition) is 7. The van der Waals surface area contributed by atoms with Crippen LogP contribution in [0.25, 0.3) is 0 Å². The highest BCUT2D eigenvalue weighted by Crippen LogP contribution is 2.26. The summed E-state index contributed by atoms with van der Waals surface area (Å²) in [4.78, 5) is 62.3. The quantitative estimate of drug-likeness (QED) is 0.215. The lowest BCUT2D eigenvalue weighted by atomic mass is 9.96. The average Bonchev–Trinajstić information content (AvgIpc) is 3.57. The molecule has 0 bridgehead atoms. The Kier molecular flexibility index (Phi) is 15.1. The molecule has 2 heterocycles. The number of amides is 3. The number of piperidine rings is 1. The number of nitrogens with zero attached hydrogens (tertiary/aromatic N) is 4. The minimum absolute atomic E-state index is 0.000685. The molecule has 5 atom stereocenters. The molecule has 2 saturated heterocycles. The van der Waals surface area contributed by atoms with Crippen LogP contribution in [0.4, 0.5) is 0 Å². The summed E-state index contributed by atoms with van der Waals surface area (Å²) >= 11 is 0. The Hall–Kier alpha value is -3.24.